The fraction of sp³-hybridized carbons (Fsp3) is 0.300. The number of nitrogens with one attached hydrogen (secondary N) is 1. The van der Waals surface area contributed by atoms with Crippen molar-refractivity contribution in [2.75, 3.05) is 6.54 Å². The molecular weight excluding hydrogens is 164 g/mol. The molecule has 0 aliphatic heterocycles. The van der Waals surface area contributed by atoms with Gasteiger partial charge in [0.2, 0.25) is 5.91 Å². The summed E-state index contributed by atoms with van der Waals surface area (Å²) in [6.07, 6.45) is 0. The zero-order valence-electron chi connectivity index (χ0n) is 7.71. The van der Waals surface area contributed by atoms with E-state index in [4.69, 9.17) is 5.73 Å². The van der Waals surface area contributed by atoms with Gasteiger partial charge in [-0.05, 0) is 24.2 Å². The summed E-state index contributed by atoms with van der Waals surface area (Å²) in [6.45, 7) is 3.73. The zero-order chi connectivity index (χ0) is 9.68. The van der Waals surface area contributed by atoms with Crippen LogP contribution in [-0.2, 0) is 6.54 Å². The van der Waals surface area contributed by atoms with Gasteiger partial charge in [0.1, 0.15) is 0 Å². The quantitative estimate of drug-likeness (QED) is 0.719. The van der Waals surface area contributed by atoms with Crippen LogP contribution in [0.5, 0.6) is 0 Å². The van der Waals surface area contributed by atoms with Gasteiger partial charge in [-0.3, -0.25) is 4.79 Å². The van der Waals surface area contributed by atoms with Crippen LogP contribution in [0.4, 0.5) is 0 Å². The second-order valence-electron chi connectivity index (χ2n) is 2.84. The molecule has 0 fully saturated rings. The minimum absolute atomic E-state index is 0.377. The van der Waals surface area contributed by atoms with E-state index >= 15 is 0 Å². The summed E-state index contributed by atoms with van der Waals surface area (Å²) in [4.78, 5) is 10.8. The van der Waals surface area contributed by atoms with Crippen molar-refractivity contribution >= 4 is 5.91 Å². The highest BCUT2D eigenvalue weighted by Crippen LogP contribution is 2.03. The summed E-state index contributed by atoms with van der Waals surface area (Å²) < 4.78 is 0. The Morgan fingerprint density at radius 2 is 2.31 bits per heavy atom. The van der Waals surface area contributed by atoms with Crippen LogP contribution >= 0.6 is 0 Å². The van der Waals surface area contributed by atoms with Crippen LogP contribution in [0.15, 0.2) is 24.3 Å². The number of rotatable bonds is 4. The molecule has 3 nitrogen and oxygen atoms in total. The number of benzene rings is 1. The molecule has 0 saturated heterocycles. The fourth-order valence-electron chi connectivity index (χ4n) is 1.10. The van der Waals surface area contributed by atoms with Crippen LogP contribution < -0.4 is 11.1 Å². The van der Waals surface area contributed by atoms with Gasteiger partial charge >= 0.3 is 0 Å². The Kier molecular flexibility index (Phi) is 3.46. The molecule has 1 amide bonds. The molecule has 1 rings (SSSR count). The lowest BCUT2D eigenvalue weighted by Gasteiger charge is -2.02. The van der Waals surface area contributed by atoms with Crippen molar-refractivity contribution in [1.29, 1.82) is 0 Å². The highest BCUT2D eigenvalue weighted by atomic mass is 16.1. The van der Waals surface area contributed by atoms with E-state index in [0.717, 1.165) is 18.7 Å². The van der Waals surface area contributed by atoms with Crippen LogP contribution in [-0.4, -0.2) is 12.5 Å². The van der Waals surface area contributed by atoms with Gasteiger partial charge in [-0.1, -0.05) is 19.1 Å². The average Bonchev–Trinajstić information content (AvgIpc) is 2.15. The highest BCUT2D eigenvalue weighted by molar-refractivity contribution is 5.92. The molecule has 3 heteroatoms. The first-order valence-corrected chi connectivity index (χ1v) is 4.33. The Bertz CT molecular complexity index is 297. The van der Waals surface area contributed by atoms with Gasteiger partial charge in [0.05, 0.1) is 0 Å². The van der Waals surface area contributed by atoms with Crippen LogP contribution in [0, 0.1) is 0 Å². The lowest BCUT2D eigenvalue weighted by atomic mass is 10.1. The maximum absolute atomic E-state index is 10.8. The third-order valence-corrected chi connectivity index (χ3v) is 1.79. The van der Waals surface area contributed by atoms with Crippen LogP contribution in [0.3, 0.4) is 0 Å². The van der Waals surface area contributed by atoms with Gasteiger partial charge in [-0.25, -0.2) is 0 Å². The Labute approximate surface area is 77.9 Å². The molecule has 13 heavy (non-hydrogen) atoms. The van der Waals surface area contributed by atoms with Crippen molar-refractivity contribution in [3.8, 4) is 0 Å². The first kappa shape index (κ1) is 9.74. The minimum Gasteiger partial charge on any atom is -0.366 e. The van der Waals surface area contributed by atoms with Crippen molar-refractivity contribution in [3.63, 3.8) is 0 Å². The van der Waals surface area contributed by atoms with Crippen LogP contribution in [0.2, 0.25) is 0 Å². The van der Waals surface area contributed by atoms with Gasteiger partial charge in [0, 0.05) is 12.1 Å². The van der Waals surface area contributed by atoms with Crippen molar-refractivity contribution in [2.24, 2.45) is 5.73 Å². The van der Waals surface area contributed by atoms with Crippen molar-refractivity contribution < 1.29 is 4.79 Å². The lowest BCUT2D eigenvalue weighted by Crippen LogP contribution is -2.14. The largest absolute Gasteiger partial charge is 0.366 e. The van der Waals surface area contributed by atoms with E-state index in [0.29, 0.717) is 5.56 Å². The standard InChI is InChI=1S/C10H14N2O/c1-2-12-7-8-4-3-5-9(6-8)10(11)13/h3-6,12H,2,7H2,1H3,(H2,11,13). The zero-order valence-corrected chi connectivity index (χ0v) is 7.71. The average molecular weight is 178 g/mol. The fourth-order valence-corrected chi connectivity index (χ4v) is 1.10. The molecule has 0 aromatic heterocycles. The van der Waals surface area contributed by atoms with Crippen molar-refractivity contribution in [3.05, 3.63) is 35.4 Å². The Morgan fingerprint density at radius 1 is 1.54 bits per heavy atom. The predicted molar refractivity (Wildman–Crippen MR) is 52.3 cm³/mol. The molecule has 0 heterocycles. The summed E-state index contributed by atoms with van der Waals surface area (Å²) in [5.74, 6) is -0.377. The first-order chi connectivity index (χ1) is 6.24. The van der Waals surface area contributed by atoms with E-state index < -0.39 is 0 Å². The molecular formula is C10H14N2O. The summed E-state index contributed by atoms with van der Waals surface area (Å²) in [6, 6.07) is 7.34. The summed E-state index contributed by atoms with van der Waals surface area (Å²) in [5, 5.41) is 3.18. The van der Waals surface area contributed by atoms with E-state index in [-0.39, 0.29) is 5.91 Å². The van der Waals surface area contributed by atoms with Crippen LogP contribution in [0.1, 0.15) is 22.8 Å². The summed E-state index contributed by atoms with van der Waals surface area (Å²) in [5.41, 5.74) is 6.80. The molecule has 0 spiro atoms. The van der Waals surface area contributed by atoms with Gasteiger partial charge < -0.3 is 11.1 Å². The number of hydrogen-bond donors (Lipinski definition) is 2. The number of primary amides is 1. The molecule has 70 valence electrons. The van der Waals surface area contributed by atoms with Gasteiger partial charge in [0.25, 0.3) is 0 Å². The number of carbonyl (C=O) groups is 1. The SMILES string of the molecule is CCNCc1cccc(C(N)=O)c1. The first-order valence-electron chi connectivity index (χ1n) is 4.33. The second kappa shape index (κ2) is 4.62. The number of hydrogen-bond acceptors (Lipinski definition) is 2. The third-order valence-electron chi connectivity index (χ3n) is 1.79. The molecule has 1 aromatic rings. The summed E-state index contributed by atoms with van der Waals surface area (Å²) in [7, 11) is 0. The van der Waals surface area contributed by atoms with Gasteiger partial charge in [-0.2, -0.15) is 0 Å². The van der Waals surface area contributed by atoms with Gasteiger partial charge in [-0.15, -0.1) is 0 Å². The molecule has 3 N–H and O–H groups in total. The number of nitrogens with two attached hydrogens (primary N) is 1. The maximum Gasteiger partial charge on any atom is 0.248 e. The lowest BCUT2D eigenvalue weighted by molar-refractivity contribution is 0.1000. The third kappa shape index (κ3) is 2.87. The smallest absolute Gasteiger partial charge is 0.248 e. The molecule has 0 bridgehead atoms. The number of amides is 1. The highest BCUT2D eigenvalue weighted by Gasteiger charge is 1.99. The molecule has 0 saturated carbocycles. The molecule has 0 aliphatic rings. The summed E-state index contributed by atoms with van der Waals surface area (Å²) >= 11 is 0. The number of carbonyl (C=O) groups excluding carboxylic acids is 1. The van der Waals surface area contributed by atoms with Gasteiger partial charge in [0.15, 0.2) is 0 Å². The van der Waals surface area contributed by atoms with Crippen molar-refractivity contribution in [2.45, 2.75) is 13.5 Å². The van der Waals surface area contributed by atoms with E-state index in [1.54, 1.807) is 6.07 Å². The topological polar surface area (TPSA) is 55.1 Å². The molecule has 0 atom stereocenters. The monoisotopic (exact) mass is 178 g/mol. The second-order valence-corrected chi connectivity index (χ2v) is 2.84. The van der Waals surface area contributed by atoms with E-state index in [1.807, 2.05) is 25.1 Å². The molecule has 0 radical (unpaired) electrons. The molecule has 0 aliphatic carbocycles. The Hall–Kier alpha value is -1.35. The normalized spacial score (nSPS) is 9.92. The molecule has 0 unspecified atom stereocenters. The van der Waals surface area contributed by atoms with E-state index in [2.05, 4.69) is 5.32 Å². The van der Waals surface area contributed by atoms with E-state index in [1.165, 1.54) is 0 Å². The minimum atomic E-state index is -0.377. The Morgan fingerprint density at radius 3 is 2.92 bits per heavy atom. The maximum atomic E-state index is 10.8. The van der Waals surface area contributed by atoms with Crippen molar-refractivity contribution in [1.82, 2.24) is 5.32 Å². The molecule has 1 aromatic carbocycles. The predicted octanol–water partition coefficient (Wildman–Crippen LogP) is 0.895. The van der Waals surface area contributed by atoms with E-state index in [9.17, 15) is 4.79 Å². The Balaban J connectivity index is 2.73. The van der Waals surface area contributed by atoms with Crippen LogP contribution in [0.25, 0.3) is 0 Å².